The third kappa shape index (κ3) is 5.37. The first-order valence-corrected chi connectivity index (χ1v) is 9.87. The van der Waals surface area contributed by atoms with E-state index in [0.717, 1.165) is 49.0 Å². The van der Waals surface area contributed by atoms with Crippen LogP contribution in [0.2, 0.25) is 0 Å². The van der Waals surface area contributed by atoms with Gasteiger partial charge in [0.05, 0.1) is 5.56 Å². The Morgan fingerprint density at radius 3 is 2.04 bits per heavy atom. The summed E-state index contributed by atoms with van der Waals surface area (Å²) in [5.41, 5.74) is 0.697. The zero-order valence-electron chi connectivity index (χ0n) is 15.5. The van der Waals surface area contributed by atoms with Gasteiger partial charge in [0.2, 0.25) is 0 Å². The molecule has 146 valence electrons. The van der Waals surface area contributed by atoms with Crippen LogP contribution < -0.4 is 0 Å². The first kappa shape index (κ1) is 20.0. The molecule has 0 spiro atoms. The summed E-state index contributed by atoms with van der Waals surface area (Å²) >= 11 is 0. The maximum Gasteiger partial charge on any atom is 0.458 e. The normalized spacial score (nSPS) is 28.9. The molecule has 2 saturated carbocycles. The highest BCUT2D eigenvalue weighted by molar-refractivity contribution is 5.39. The van der Waals surface area contributed by atoms with E-state index in [2.05, 4.69) is 12.7 Å². The molecule has 0 heterocycles. The maximum absolute atomic E-state index is 14.1. The van der Waals surface area contributed by atoms with E-state index >= 15 is 0 Å². The molecule has 0 radical (unpaired) electrons. The lowest BCUT2D eigenvalue weighted by atomic mass is 9.68. The summed E-state index contributed by atoms with van der Waals surface area (Å²) in [4.78, 5) is 0. The van der Waals surface area contributed by atoms with Crippen LogP contribution in [-0.2, 0) is 0 Å². The van der Waals surface area contributed by atoms with Crippen LogP contribution in [0.15, 0.2) is 30.9 Å². The lowest BCUT2D eigenvalue weighted by molar-refractivity contribution is -0.0696. The average molecular weight is 378 g/mol. The Hall–Kier alpha value is -1.76. The van der Waals surface area contributed by atoms with Gasteiger partial charge in [0.15, 0.2) is 0 Å². The van der Waals surface area contributed by atoms with Crippen LogP contribution >= 0.6 is 0 Å². The Kier molecular flexibility index (Phi) is 6.29. The highest BCUT2D eigenvalue weighted by Crippen LogP contribution is 2.44. The second-order valence-corrected chi connectivity index (χ2v) is 8.01. The number of rotatable bonds is 3. The molecule has 4 heteroatoms. The van der Waals surface area contributed by atoms with Gasteiger partial charge >= 0.3 is 6.18 Å². The topological polar surface area (TPSA) is 0 Å². The SMILES string of the molecule is C=CC1CCC(C2CCC(c3ccc(C#CC(F)(F)F)c(F)c3)CC2)CC1. The van der Waals surface area contributed by atoms with Crippen LogP contribution in [0.25, 0.3) is 0 Å². The summed E-state index contributed by atoms with van der Waals surface area (Å²) in [6.45, 7) is 3.91. The van der Waals surface area contributed by atoms with Gasteiger partial charge in [-0.3, -0.25) is 0 Å². The molecular weight excluding hydrogens is 352 g/mol. The predicted octanol–water partition coefficient (Wildman–Crippen LogP) is 7.01. The van der Waals surface area contributed by atoms with Crippen molar-refractivity contribution >= 4 is 0 Å². The molecule has 2 aliphatic rings. The highest BCUT2D eigenvalue weighted by atomic mass is 19.4. The lowest BCUT2D eigenvalue weighted by Crippen LogP contribution is -2.25. The third-order valence-electron chi connectivity index (χ3n) is 6.39. The van der Waals surface area contributed by atoms with E-state index in [9.17, 15) is 17.6 Å². The summed E-state index contributed by atoms with van der Waals surface area (Å²) < 4.78 is 50.7. The van der Waals surface area contributed by atoms with Gasteiger partial charge in [-0.25, -0.2) is 4.39 Å². The van der Waals surface area contributed by atoms with Crippen LogP contribution in [0.1, 0.15) is 68.4 Å². The Morgan fingerprint density at radius 2 is 1.52 bits per heavy atom. The zero-order valence-corrected chi connectivity index (χ0v) is 15.5. The first-order chi connectivity index (χ1) is 12.9. The molecule has 2 aliphatic carbocycles. The number of allylic oxidation sites excluding steroid dienone is 1. The predicted molar refractivity (Wildman–Crippen MR) is 99.7 cm³/mol. The van der Waals surface area contributed by atoms with Crippen molar-refractivity contribution in [3.05, 3.63) is 47.8 Å². The van der Waals surface area contributed by atoms with Gasteiger partial charge in [-0.2, -0.15) is 13.2 Å². The number of benzene rings is 1. The van der Waals surface area contributed by atoms with Crippen molar-refractivity contribution in [3.8, 4) is 11.8 Å². The zero-order chi connectivity index (χ0) is 19.4. The minimum absolute atomic E-state index is 0.191. The molecule has 3 rings (SSSR count). The van der Waals surface area contributed by atoms with Crippen LogP contribution in [0.4, 0.5) is 17.6 Å². The van der Waals surface area contributed by atoms with Crippen LogP contribution in [0.3, 0.4) is 0 Å². The van der Waals surface area contributed by atoms with E-state index < -0.39 is 12.0 Å². The summed E-state index contributed by atoms with van der Waals surface area (Å²) in [5, 5.41) is 0. The molecule has 0 N–H and O–H groups in total. The number of alkyl halides is 3. The van der Waals surface area contributed by atoms with E-state index in [0.29, 0.717) is 11.8 Å². The van der Waals surface area contributed by atoms with Gasteiger partial charge in [-0.1, -0.05) is 18.1 Å². The standard InChI is InChI=1S/C23H26F4/c1-2-16-3-5-17(6-4-16)18-7-9-19(10-8-18)21-12-11-20(22(24)15-21)13-14-23(25,26)27/h2,11-12,15-19H,1,3-10H2. The van der Waals surface area contributed by atoms with Crippen molar-refractivity contribution in [2.45, 2.75) is 63.5 Å². The molecule has 0 aromatic heterocycles. The molecule has 0 aliphatic heterocycles. The fourth-order valence-electron chi connectivity index (χ4n) is 4.80. The lowest BCUT2D eigenvalue weighted by Gasteiger charge is -2.37. The highest BCUT2D eigenvalue weighted by Gasteiger charge is 2.31. The molecule has 0 saturated heterocycles. The Morgan fingerprint density at radius 1 is 0.926 bits per heavy atom. The van der Waals surface area contributed by atoms with Gasteiger partial charge in [0, 0.05) is 5.92 Å². The largest absolute Gasteiger partial charge is 0.458 e. The van der Waals surface area contributed by atoms with E-state index in [4.69, 9.17) is 0 Å². The maximum atomic E-state index is 14.1. The van der Waals surface area contributed by atoms with Gasteiger partial charge in [-0.05, 0) is 92.7 Å². The van der Waals surface area contributed by atoms with Gasteiger partial charge in [0.1, 0.15) is 5.82 Å². The second-order valence-electron chi connectivity index (χ2n) is 8.01. The molecule has 1 aromatic carbocycles. The molecule has 0 unspecified atom stereocenters. The van der Waals surface area contributed by atoms with Gasteiger partial charge < -0.3 is 0 Å². The minimum atomic E-state index is -4.60. The van der Waals surface area contributed by atoms with E-state index in [1.54, 1.807) is 6.07 Å². The minimum Gasteiger partial charge on any atom is -0.206 e. The van der Waals surface area contributed by atoms with Crippen LogP contribution in [0.5, 0.6) is 0 Å². The average Bonchev–Trinajstić information content (AvgIpc) is 2.66. The quantitative estimate of drug-likeness (QED) is 0.302. The number of hydrogen-bond acceptors (Lipinski definition) is 0. The van der Waals surface area contributed by atoms with E-state index in [-0.39, 0.29) is 5.56 Å². The summed E-state index contributed by atoms with van der Waals surface area (Å²) in [6.07, 6.45) is 6.92. The number of hydrogen-bond donors (Lipinski definition) is 0. The van der Waals surface area contributed by atoms with Gasteiger partial charge in [0.25, 0.3) is 0 Å². The third-order valence-corrected chi connectivity index (χ3v) is 6.39. The summed E-state index contributed by atoms with van der Waals surface area (Å²) in [5.74, 6) is 4.90. The second kappa shape index (κ2) is 8.50. The van der Waals surface area contributed by atoms with Crippen molar-refractivity contribution in [1.82, 2.24) is 0 Å². The molecular formula is C23H26F4. The van der Waals surface area contributed by atoms with Crippen molar-refractivity contribution < 1.29 is 17.6 Å². The molecule has 0 bridgehead atoms. The summed E-state index contributed by atoms with van der Waals surface area (Å²) in [7, 11) is 0. The Balaban J connectivity index is 1.57. The van der Waals surface area contributed by atoms with Crippen LogP contribution in [-0.4, -0.2) is 6.18 Å². The molecule has 2 fully saturated rings. The van der Waals surface area contributed by atoms with Gasteiger partial charge in [-0.15, -0.1) is 6.58 Å². The molecule has 1 aromatic rings. The molecule has 0 amide bonds. The first-order valence-electron chi connectivity index (χ1n) is 9.87. The Labute approximate surface area is 159 Å². The smallest absolute Gasteiger partial charge is 0.206 e. The fourth-order valence-corrected chi connectivity index (χ4v) is 4.80. The van der Waals surface area contributed by atoms with Crippen molar-refractivity contribution in [2.75, 3.05) is 0 Å². The van der Waals surface area contributed by atoms with Crippen molar-refractivity contribution in [3.63, 3.8) is 0 Å². The Bertz CT molecular complexity index is 706. The summed E-state index contributed by atoms with van der Waals surface area (Å²) in [6, 6.07) is 4.50. The van der Waals surface area contributed by atoms with Crippen molar-refractivity contribution in [1.29, 1.82) is 0 Å². The molecule has 0 nitrogen and oxygen atoms in total. The van der Waals surface area contributed by atoms with Crippen LogP contribution in [0, 0.1) is 35.4 Å². The van der Waals surface area contributed by atoms with E-state index in [1.807, 2.05) is 5.92 Å². The molecule has 0 atom stereocenters. The fraction of sp³-hybridized carbons (Fsp3) is 0.565. The molecule has 27 heavy (non-hydrogen) atoms. The van der Waals surface area contributed by atoms with E-state index in [1.165, 1.54) is 37.8 Å². The monoisotopic (exact) mass is 378 g/mol. The number of halogens is 4. The van der Waals surface area contributed by atoms with Crippen molar-refractivity contribution in [2.24, 2.45) is 17.8 Å².